The fourth-order valence-corrected chi connectivity index (χ4v) is 2.40. The van der Waals surface area contributed by atoms with Gasteiger partial charge in [-0.2, -0.15) is 13.2 Å². The normalized spacial score (nSPS) is 20.0. The lowest BCUT2D eigenvalue weighted by Crippen LogP contribution is -2.44. The number of carbonyl (C=O) groups excluding carboxylic acids is 1. The quantitative estimate of drug-likeness (QED) is 0.871. The smallest absolute Gasteiger partial charge is 0.373 e. The van der Waals surface area contributed by atoms with Crippen molar-refractivity contribution in [3.63, 3.8) is 0 Å². The van der Waals surface area contributed by atoms with Crippen LogP contribution in [0.15, 0.2) is 22.7 Å². The van der Waals surface area contributed by atoms with Crippen LogP contribution in [0.5, 0.6) is 0 Å². The zero-order valence-corrected chi connectivity index (χ0v) is 11.4. The van der Waals surface area contributed by atoms with Gasteiger partial charge < -0.3 is 10.6 Å². The Morgan fingerprint density at radius 1 is 1.37 bits per heavy atom. The zero-order valence-electron chi connectivity index (χ0n) is 9.85. The summed E-state index contributed by atoms with van der Waals surface area (Å²) in [5.74, 6) is -0.127. The van der Waals surface area contributed by atoms with Gasteiger partial charge in [-0.05, 0) is 47.0 Å². The van der Waals surface area contributed by atoms with Crippen LogP contribution in [-0.4, -0.2) is 18.5 Å². The Labute approximate surface area is 116 Å². The maximum atomic E-state index is 12.5. The van der Waals surface area contributed by atoms with E-state index in [1.807, 2.05) is 0 Å². The molecule has 1 saturated heterocycles. The number of carbonyl (C=O) groups is 1. The number of halogens is 4. The van der Waals surface area contributed by atoms with E-state index < -0.39 is 17.8 Å². The van der Waals surface area contributed by atoms with Gasteiger partial charge in [-0.25, -0.2) is 0 Å². The minimum absolute atomic E-state index is 0.127. The van der Waals surface area contributed by atoms with Crippen LogP contribution in [0.2, 0.25) is 0 Å². The van der Waals surface area contributed by atoms with Crippen LogP contribution >= 0.6 is 15.9 Å². The van der Waals surface area contributed by atoms with Gasteiger partial charge in [0.1, 0.15) is 6.04 Å². The average molecular weight is 337 g/mol. The van der Waals surface area contributed by atoms with E-state index in [1.165, 1.54) is 6.07 Å². The van der Waals surface area contributed by atoms with E-state index in [-0.39, 0.29) is 5.91 Å². The van der Waals surface area contributed by atoms with Gasteiger partial charge >= 0.3 is 6.18 Å². The van der Waals surface area contributed by atoms with E-state index in [9.17, 15) is 18.0 Å². The lowest BCUT2D eigenvalue weighted by Gasteiger charge is -2.24. The predicted molar refractivity (Wildman–Crippen MR) is 68.8 cm³/mol. The first-order chi connectivity index (χ1) is 8.88. The molecule has 1 aromatic rings. The summed E-state index contributed by atoms with van der Waals surface area (Å²) in [5.41, 5.74) is -0.243. The van der Waals surface area contributed by atoms with Crippen molar-refractivity contribution >= 4 is 27.5 Å². The van der Waals surface area contributed by atoms with Crippen LogP contribution in [0.25, 0.3) is 0 Å². The molecule has 19 heavy (non-hydrogen) atoms. The maximum absolute atomic E-state index is 12.5. The van der Waals surface area contributed by atoms with Crippen LogP contribution in [0.3, 0.4) is 0 Å². The van der Waals surface area contributed by atoms with E-state index in [0.29, 0.717) is 23.1 Å². The second-order valence-corrected chi connectivity index (χ2v) is 5.18. The predicted octanol–water partition coefficient (Wildman–Crippen LogP) is 3.16. The summed E-state index contributed by atoms with van der Waals surface area (Å²) in [5, 5.41) is 5.66. The second-order valence-electron chi connectivity index (χ2n) is 4.32. The molecule has 1 aromatic carbocycles. The number of rotatable bonds is 2. The number of alkyl halides is 3. The molecule has 1 atom stereocenters. The number of hydrogen-bond donors (Lipinski definition) is 2. The Morgan fingerprint density at radius 2 is 2.11 bits per heavy atom. The summed E-state index contributed by atoms with van der Waals surface area (Å²) >= 11 is 3.09. The van der Waals surface area contributed by atoms with Crippen molar-refractivity contribution in [2.24, 2.45) is 0 Å². The Morgan fingerprint density at radius 3 is 2.68 bits per heavy atom. The largest absolute Gasteiger partial charge is 0.416 e. The van der Waals surface area contributed by atoms with Crippen molar-refractivity contribution < 1.29 is 18.0 Å². The lowest BCUT2D eigenvalue weighted by atomic mass is 10.1. The van der Waals surface area contributed by atoms with E-state index in [2.05, 4.69) is 26.6 Å². The molecule has 0 saturated carbocycles. The van der Waals surface area contributed by atoms with Crippen molar-refractivity contribution in [2.75, 3.05) is 11.9 Å². The lowest BCUT2D eigenvalue weighted by molar-refractivity contribution is -0.137. The van der Waals surface area contributed by atoms with Crippen molar-refractivity contribution in [1.29, 1.82) is 0 Å². The molecule has 1 aliphatic heterocycles. The van der Waals surface area contributed by atoms with Crippen molar-refractivity contribution in [2.45, 2.75) is 25.1 Å². The Kier molecular flexibility index (Phi) is 4.03. The Balaban J connectivity index is 2.15. The molecule has 0 aromatic heterocycles. The summed E-state index contributed by atoms with van der Waals surface area (Å²) in [7, 11) is 0. The van der Waals surface area contributed by atoms with Gasteiger partial charge in [0.2, 0.25) is 5.91 Å². The minimum Gasteiger partial charge on any atom is -0.373 e. The minimum atomic E-state index is -4.37. The molecule has 1 unspecified atom stereocenters. The maximum Gasteiger partial charge on any atom is 0.416 e. The van der Waals surface area contributed by atoms with Crippen molar-refractivity contribution in [1.82, 2.24) is 5.32 Å². The van der Waals surface area contributed by atoms with E-state index in [4.69, 9.17) is 0 Å². The summed E-state index contributed by atoms with van der Waals surface area (Å²) in [4.78, 5) is 11.6. The first-order valence-electron chi connectivity index (χ1n) is 5.79. The molecule has 0 bridgehead atoms. The zero-order chi connectivity index (χ0) is 14.0. The average Bonchev–Trinajstić information content (AvgIpc) is 2.33. The van der Waals surface area contributed by atoms with Gasteiger partial charge in [0, 0.05) is 16.7 Å². The number of piperidine rings is 1. The summed E-state index contributed by atoms with van der Waals surface area (Å²) in [6.45, 7) is 0.644. The summed E-state index contributed by atoms with van der Waals surface area (Å²) in [6, 6.07) is 2.92. The van der Waals surface area contributed by atoms with E-state index >= 15 is 0 Å². The highest BCUT2D eigenvalue weighted by molar-refractivity contribution is 9.10. The van der Waals surface area contributed by atoms with Crippen LogP contribution in [0, 0.1) is 0 Å². The molecule has 7 heteroatoms. The number of hydrogen-bond acceptors (Lipinski definition) is 2. The van der Waals surface area contributed by atoms with Gasteiger partial charge in [0.15, 0.2) is 0 Å². The van der Waals surface area contributed by atoms with Crippen molar-refractivity contribution in [3.05, 3.63) is 28.2 Å². The molecule has 2 N–H and O–H groups in total. The number of nitrogens with one attached hydrogen (secondary N) is 2. The third-order valence-electron chi connectivity index (χ3n) is 2.91. The summed E-state index contributed by atoms with van der Waals surface area (Å²) in [6.07, 6.45) is -2.86. The Bertz CT molecular complexity index is 490. The number of amides is 1. The fourth-order valence-electron chi connectivity index (χ4n) is 1.91. The third-order valence-corrected chi connectivity index (χ3v) is 3.57. The number of benzene rings is 1. The molecule has 0 aliphatic carbocycles. The monoisotopic (exact) mass is 336 g/mol. The highest BCUT2D eigenvalue weighted by Crippen LogP contribution is 2.34. The third kappa shape index (κ3) is 3.40. The molecule has 1 amide bonds. The summed E-state index contributed by atoms with van der Waals surface area (Å²) < 4.78 is 37.8. The first kappa shape index (κ1) is 14.2. The van der Waals surface area contributed by atoms with Gasteiger partial charge in [0.25, 0.3) is 0 Å². The van der Waals surface area contributed by atoms with Gasteiger partial charge in [-0.15, -0.1) is 0 Å². The molecule has 1 heterocycles. The van der Waals surface area contributed by atoms with Crippen molar-refractivity contribution in [3.8, 4) is 0 Å². The molecule has 2 rings (SSSR count). The topological polar surface area (TPSA) is 41.1 Å². The second kappa shape index (κ2) is 5.40. The van der Waals surface area contributed by atoms with E-state index in [0.717, 1.165) is 18.6 Å². The molecular formula is C12H12BrF3N2O. The number of anilines is 1. The van der Waals surface area contributed by atoms with Gasteiger partial charge in [0.05, 0.1) is 5.56 Å². The molecule has 1 fully saturated rings. The van der Waals surface area contributed by atoms with Crippen LogP contribution in [0.4, 0.5) is 18.9 Å². The molecule has 1 aliphatic rings. The standard InChI is InChI=1S/C12H12BrF3N2O/c13-8-6-7(12(14,15)16)3-4-9(8)18-10-2-1-5-17-11(10)19/h3-4,6,10,18H,1-2,5H2,(H,17,19). The fraction of sp³-hybridized carbons (Fsp3) is 0.417. The molecule has 0 radical (unpaired) electrons. The Hall–Kier alpha value is -1.24. The van der Waals surface area contributed by atoms with Crippen LogP contribution in [-0.2, 0) is 11.0 Å². The van der Waals surface area contributed by atoms with E-state index in [1.54, 1.807) is 0 Å². The van der Waals surface area contributed by atoms with Crippen LogP contribution < -0.4 is 10.6 Å². The van der Waals surface area contributed by atoms with Crippen LogP contribution in [0.1, 0.15) is 18.4 Å². The van der Waals surface area contributed by atoms with Gasteiger partial charge in [-0.1, -0.05) is 0 Å². The van der Waals surface area contributed by atoms with Gasteiger partial charge in [-0.3, -0.25) is 4.79 Å². The SMILES string of the molecule is O=C1NCCCC1Nc1ccc(C(F)(F)F)cc1Br. The molecule has 3 nitrogen and oxygen atoms in total. The molecule has 0 spiro atoms. The first-order valence-corrected chi connectivity index (χ1v) is 6.58. The molecular weight excluding hydrogens is 325 g/mol. The highest BCUT2D eigenvalue weighted by atomic mass is 79.9. The highest BCUT2D eigenvalue weighted by Gasteiger charge is 2.31. The molecule has 104 valence electrons.